The summed E-state index contributed by atoms with van der Waals surface area (Å²) < 4.78 is 0.798. The molecule has 0 aromatic heterocycles. The van der Waals surface area contributed by atoms with Gasteiger partial charge in [-0.3, -0.25) is 4.79 Å². The number of halogens is 1. The molecule has 96 valence electrons. The number of anilines is 1. The van der Waals surface area contributed by atoms with Crippen LogP contribution in [0.4, 0.5) is 10.5 Å². The van der Waals surface area contributed by atoms with Crippen LogP contribution in [0.5, 0.6) is 0 Å². The fourth-order valence-corrected chi connectivity index (χ4v) is 2.29. The molecule has 0 spiro atoms. The van der Waals surface area contributed by atoms with Crippen LogP contribution in [-0.2, 0) is 4.79 Å². The Hall–Kier alpha value is -1.56. The molecule has 6 heteroatoms. The lowest BCUT2D eigenvalue weighted by atomic mass is 10.1. The summed E-state index contributed by atoms with van der Waals surface area (Å²) in [5, 5.41) is 11.6. The Balaban J connectivity index is 1.98. The summed E-state index contributed by atoms with van der Waals surface area (Å²) >= 11 is 3.34. The van der Waals surface area contributed by atoms with Crippen molar-refractivity contribution in [2.45, 2.75) is 6.42 Å². The van der Waals surface area contributed by atoms with Gasteiger partial charge < -0.3 is 15.3 Å². The molecule has 5 nitrogen and oxygen atoms in total. The van der Waals surface area contributed by atoms with Gasteiger partial charge in [-0.15, -0.1) is 0 Å². The van der Waals surface area contributed by atoms with Crippen LogP contribution >= 0.6 is 15.9 Å². The van der Waals surface area contributed by atoms with E-state index in [-0.39, 0.29) is 12.6 Å². The maximum atomic E-state index is 11.9. The third-order valence-corrected chi connectivity index (χ3v) is 3.63. The van der Waals surface area contributed by atoms with Crippen LogP contribution in [0, 0.1) is 5.92 Å². The number of nitrogens with zero attached hydrogens (tertiary/aromatic N) is 1. The number of carboxylic acid groups (broad SMARTS) is 1. The summed E-state index contributed by atoms with van der Waals surface area (Å²) in [6, 6.07) is 7.04. The van der Waals surface area contributed by atoms with E-state index in [2.05, 4.69) is 21.2 Å². The van der Waals surface area contributed by atoms with Crippen molar-refractivity contribution in [3.63, 3.8) is 0 Å². The molecule has 0 radical (unpaired) electrons. The smallest absolute Gasteiger partial charge is 0.321 e. The first-order valence-corrected chi connectivity index (χ1v) is 6.40. The highest BCUT2D eigenvalue weighted by Gasteiger charge is 2.30. The second-order valence-electron chi connectivity index (χ2n) is 4.18. The van der Waals surface area contributed by atoms with Gasteiger partial charge in [-0.1, -0.05) is 12.1 Å². The first-order valence-electron chi connectivity index (χ1n) is 5.61. The molecule has 1 atom stereocenters. The number of urea groups is 1. The van der Waals surface area contributed by atoms with Crippen molar-refractivity contribution in [1.29, 1.82) is 0 Å². The van der Waals surface area contributed by atoms with Crippen molar-refractivity contribution in [1.82, 2.24) is 4.90 Å². The van der Waals surface area contributed by atoms with E-state index in [4.69, 9.17) is 5.11 Å². The van der Waals surface area contributed by atoms with Gasteiger partial charge in [0.1, 0.15) is 0 Å². The van der Waals surface area contributed by atoms with Gasteiger partial charge in [-0.2, -0.15) is 0 Å². The molecule has 1 aromatic carbocycles. The quantitative estimate of drug-likeness (QED) is 0.881. The monoisotopic (exact) mass is 312 g/mol. The summed E-state index contributed by atoms with van der Waals surface area (Å²) in [7, 11) is 0. The number of amides is 2. The normalized spacial score (nSPS) is 18.7. The van der Waals surface area contributed by atoms with Crippen molar-refractivity contribution < 1.29 is 14.7 Å². The molecule has 1 unspecified atom stereocenters. The number of aliphatic carboxylic acids is 1. The predicted octanol–water partition coefficient (Wildman–Crippen LogP) is 2.39. The van der Waals surface area contributed by atoms with Gasteiger partial charge in [0.2, 0.25) is 0 Å². The zero-order valence-electron chi connectivity index (χ0n) is 9.60. The Morgan fingerprint density at radius 1 is 1.39 bits per heavy atom. The highest BCUT2D eigenvalue weighted by molar-refractivity contribution is 9.10. The van der Waals surface area contributed by atoms with Gasteiger partial charge in [0.15, 0.2) is 0 Å². The molecule has 18 heavy (non-hydrogen) atoms. The minimum atomic E-state index is -0.841. The average Bonchev–Trinajstić information content (AvgIpc) is 2.81. The molecular weight excluding hydrogens is 300 g/mol. The van der Waals surface area contributed by atoms with E-state index in [0.29, 0.717) is 18.7 Å². The maximum Gasteiger partial charge on any atom is 0.321 e. The number of nitrogens with one attached hydrogen (secondary N) is 1. The molecule has 0 aliphatic carbocycles. The van der Waals surface area contributed by atoms with Crippen molar-refractivity contribution in [3.05, 3.63) is 28.7 Å². The first-order chi connectivity index (χ1) is 8.58. The van der Waals surface area contributed by atoms with E-state index in [9.17, 15) is 9.59 Å². The summed E-state index contributed by atoms with van der Waals surface area (Å²) in [6.45, 7) is 0.749. The fraction of sp³-hybridized carbons (Fsp3) is 0.333. The maximum absolute atomic E-state index is 11.9. The van der Waals surface area contributed by atoms with Crippen molar-refractivity contribution in [2.75, 3.05) is 18.4 Å². The highest BCUT2D eigenvalue weighted by Crippen LogP contribution is 2.23. The molecule has 2 rings (SSSR count). The number of carboxylic acids is 1. The van der Waals surface area contributed by atoms with Crippen molar-refractivity contribution in [3.8, 4) is 0 Å². The Morgan fingerprint density at radius 2 is 2.11 bits per heavy atom. The number of benzene rings is 1. The van der Waals surface area contributed by atoms with E-state index in [0.717, 1.165) is 4.47 Å². The van der Waals surface area contributed by atoms with Crippen molar-refractivity contribution in [2.24, 2.45) is 5.92 Å². The number of hydrogen-bond acceptors (Lipinski definition) is 2. The standard InChI is InChI=1S/C12H13BrN2O3/c13-9-3-1-2-4-10(9)14-12(18)15-6-5-8(7-15)11(16)17/h1-4,8H,5-7H2,(H,14,18)(H,16,17). The Kier molecular flexibility index (Phi) is 3.86. The largest absolute Gasteiger partial charge is 0.481 e. The number of rotatable bonds is 2. The van der Waals surface area contributed by atoms with E-state index < -0.39 is 11.9 Å². The molecule has 2 N–H and O–H groups in total. The van der Waals surface area contributed by atoms with Gasteiger partial charge >= 0.3 is 12.0 Å². The number of likely N-dealkylation sites (tertiary alicyclic amines) is 1. The Morgan fingerprint density at radius 3 is 2.72 bits per heavy atom. The third kappa shape index (κ3) is 2.81. The van der Waals surface area contributed by atoms with Crippen LogP contribution in [-0.4, -0.2) is 35.1 Å². The van der Waals surface area contributed by atoms with Gasteiger partial charge in [-0.25, -0.2) is 4.79 Å². The number of carbonyl (C=O) groups is 2. The zero-order valence-corrected chi connectivity index (χ0v) is 11.2. The summed E-state index contributed by atoms with van der Waals surface area (Å²) in [6.07, 6.45) is 0.513. The van der Waals surface area contributed by atoms with E-state index in [1.54, 1.807) is 6.07 Å². The number of hydrogen-bond donors (Lipinski definition) is 2. The third-order valence-electron chi connectivity index (χ3n) is 2.94. The highest BCUT2D eigenvalue weighted by atomic mass is 79.9. The van der Waals surface area contributed by atoms with Crippen LogP contribution in [0.2, 0.25) is 0 Å². The van der Waals surface area contributed by atoms with Crippen LogP contribution in [0.3, 0.4) is 0 Å². The minimum absolute atomic E-state index is 0.259. The number of para-hydroxylation sites is 1. The summed E-state index contributed by atoms with van der Waals surface area (Å²) in [5.41, 5.74) is 0.682. The lowest BCUT2D eigenvalue weighted by molar-refractivity contribution is -0.141. The second kappa shape index (κ2) is 5.39. The Labute approximate surface area is 113 Å². The SMILES string of the molecule is O=C(O)C1CCN(C(=O)Nc2ccccc2Br)C1. The van der Waals surface area contributed by atoms with Gasteiger partial charge in [-0.05, 0) is 34.5 Å². The Bertz CT molecular complexity index is 478. The van der Waals surface area contributed by atoms with E-state index in [1.807, 2.05) is 18.2 Å². The molecule has 1 aromatic rings. The fourth-order valence-electron chi connectivity index (χ4n) is 1.90. The topological polar surface area (TPSA) is 69.6 Å². The molecule has 1 fully saturated rings. The van der Waals surface area contributed by atoms with Crippen LogP contribution < -0.4 is 5.32 Å². The molecular formula is C12H13BrN2O3. The summed E-state index contributed by atoms with van der Waals surface area (Å²) in [5.74, 6) is -1.29. The molecule has 1 saturated heterocycles. The first kappa shape index (κ1) is 12.9. The molecule has 0 bridgehead atoms. The van der Waals surface area contributed by atoms with E-state index in [1.165, 1.54) is 4.90 Å². The second-order valence-corrected chi connectivity index (χ2v) is 5.03. The molecule has 1 aliphatic heterocycles. The van der Waals surface area contributed by atoms with Gasteiger partial charge in [0.25, 0.3) is 0 Å². The lowest BCUT2D eigenvalue weighted by Gasteiger charge is -2.17. The van der Waals surface area contributed by atoms with E-state index >= 15 is 0 Å². The van der Waals surface area contributed by atoms with Crippen LogP contribution in [0.25, 0.3) is 0 Å². The van der Waals surface area contributed by atoms with Crippen molar-refractivity contribution >= 4 is 33.6 Å². The lowest BCUT2D eigenvalue weighted by Crippen LogP contribution is -2.33. The average molecular weight is 313 g/mol. The molecule has 1 aliphatic rings. The minimum Gasteiger partial charge on any atom is -0.481 e. The molecule has 0 saturated carbocycles. The summed E-state index contributed by atoms with van der Waals surface area (Å²) in [4.78, 5) is 24.3. The molecule has 2 amide bonds. The van der Waals surface area contributed by atoms with Gasteiger partial charge in [0, 0.05) is 17.6 Å². The number of carbonyl (C=O) groups excluding carboxylic acids is 1. The van der Waals surface area contributed by atoms with Crippen LogP contribution in [0.15, 0.2) is 28.7 Å². The van der Waals surface area contributed by atoms with Gasteiger partial charge in [0.05, 0.1) is 11.6 Å². The predicted molar refractivity (Wildman–Crippen MR) is 70.5 cm³/mol. The molecule has 1 heterocycles. The zero-order chi connectivity index (χ0) is 13.1. The van der Waals surface area contributed by atoms with Crippen LogP contribution in [0.1, 0.15) is 6.42 Å².